The smallest absolute Gasteiger partial charge is 0.251 e. The number of anilines is 1. The van der Waals surface area contributed by atoms with Crippen molar-refractivity contribution in [2.45, 2.75) is 53.0 Å². The minimum atomic E-state index is -0.129. The summed E-state index contributed by atoms with van der Waals surface area (Å²) in [5, 5.41) is 5.93. The van der Waals surface area contributed by atoms with Crippen LogP contribution in [-0.4, -0.2) is 17.9 Å². The second kappa shape index (κ2) is 6.95. The minimum Gasteiger partial charge on any atom is -0.349 e. The van der Waals surface area contributed by atoms with Gasteiger partial charge in [0.15, 0.2) is 0 Å². The van der Waals surface area contributed by atoms with Gasteiger partial charge in [0.2, 0.25) is 5.91 Å². The molecular weight excluding hydrogens is 276 g/mol. The van der Waals surface area contributed by atoms with Crippen LogP contribution in [0.5, 0.6) is 0 Å². The first kappa shape index (κ1) is 16.5. The number of carbonyl (C=O) groups excluding carboxylic acids is 2. The van der Waals surface area contributed by atoms with Crippen molar-refractivity contribution in [2.24, 2.45) is 11.8 Å². The molecule has 3 atom stereocenters. The fraction of sp³-hybridized carbons (Fsp3) is 0.556. The number of nitrogens with one attached hydrogen (secondary N) is 2. The number of hydrogen-bond donors (Lipinski definition) is 2. The Morgan fingerprint density at radius 2 is 1.91 bits per heavy atom. The summed E-state index contributed by atoms with van der Waals surface area (Å²) in [6, 6.07) is 5.67. The van der Waals surface area contributed by atoms with Gasteiger partial charge in [0.05, 0.1) is 0 Å². The summed E-state index contributed by atoms with van der Waals surface area (Å²) >= 11 is 0. The van der Waals surface area contributed by atoms with Crippen LogP contribution in [0.25, 0.3) is 0 Å². The van der Waals surface area contributed by atoms with Crippen molar-refractivity contribution in [3.8, 4) is 0 Å². The predicted molar refractivity (Wildman–Crippen MR) is 88.9 cm³/mol. The lowest BCUT2D eigenvalue weighted by molar-refractivity contribution is -0.114. The molecule has 0 saturated heterocycles. The molecule has 2 N–H and O–H groups in total. The van der Waals surface area contributed by atoms with E-state index in [0.29, 0.717) is 23.1 Å². The zero-order chi connectivity index (χ0) is 16.3. The molecule has 0 bridgehead atoms. The van der Waals surface area contributed by atoms with Gasteiger partial charge in [0.1, 0.15) is 0 Å². The van der Waals surface area contributed by atoms with E-state index in [4.69, 9.17) is 0 Å². The lowest BCUT2D eigenvalue weighted by Gasteiger charge is -2.33. The molecule has 1 fully saturated rings. The van der Waals surface area contributed by atoms with Crippen molar-refractivity contribution in [1.82, 2.24) is 5.32 Å². The van der Waals surface area contributed by atoms with Gasteiger partial charge < -0.3 is 10.6 Å². The van der Waals surface area contributed by atoms with Crippen molar-refractivity contribution in [2.75, 3.05) is 5.32 Å². The first-order valence-corrected chi connectivity index (χ1v) is 8.06. The molecule has 1 aromatic carbocycles. The largest absolute Gasteiger partial charge is 0.349 e. The summed E-state index contributed by atoms with van der Waals surface area (Å²) in [6.07, 6.45) is 3.44. The van der Waals surface area contributed by atoms with Crippen molar-refractivity contribution in [1.29, 1.82) is 0 Å². The summed E-state index contributed by atoms with van der Waals surface area (Å²) in [6.45, 7) is 7.83. The van der Waals surface area contributed by atoms with Crippen LogP contribution in [0.15, 0.2) is 18.2 Å². The van der Waals surface area contributed by atoms with Gasteiger partial charge in [-0.1, -0.05) is 26.3 Å². The molecular formula is C18H26N2O2. The molecule has 0 radical (unpaired) electrons. The molecule has 0 aromatic heterocycles. The van der Waals surface area contributed by atoms with Gasteiger partial charge in [-0.25, -0.2) is 0 Å². The average Bonchev–Trinajstić information content (AvgIpc) is 2.44. The van der Waals surface area contributed by atoms with Crippen LogP contribution in [0, 0.1) is 18.8 Å². The third-order valence-electron chi connectivity index (χ3n) is 4.58. The Bertz CT molecular complexity index is 568. The fourth-order valence-corrected chi connectivity index (χ4v) is 3.07. The molecule has 1 aromatic rings. The molecule has 4 heteroatoms. The molecule has 120 valence electrons. The van der Waals surface area contributed by atoms with E-state index in [1.54, 1.807) is 6.07 Å². The quantitative estimate of drug-likeness (QED) is 0.897. The van der Waals surface area contributed by atoms with Crippen LogP contribution in [0.1, 0.15) is 56.0 Å². The average molecular weight is 302 g/mol. The van der Waals surface area contributed by atoms with E-state index >= 15 is 0 Å². The normalized spacial score (nSPS) is 24.6. The van der Waals surface area contributed by atoms with Crippen molar-refractivity contribution >= 4 is 17.5 Å². The number of benzene rings is 1. The molecule has 1 aliphatic carbocycles. The summed E-state index contributed by atoms with van der Waals surface area (Å²) in [4.78, 5) is 23.7. The Kier molecular flexibility index (Phi) is 5.22. The maximum absolute atomic E-state index is 12.5. The van der Waals surface area contributed by atoms with E-state index in [2.05, 4.69) is 24.5 Å². The molecule has 0 aliphatic heterocycles. The maximum atomic E-state index is 12.5. The van der Waals surface area contributed by atoms with E-state index < -0.39 is 0 Å². The zero-order valence-corrected chi connectivity index (χ0v) is 13.9. The Labute approximate surface area is 132 Å². The van der Waals surface area contributed by atoms with Gasteiger partial charge in [0, 0.05) is 24.2 Å². The van der Waals surface area contributed by atoms with Gasteiger partial charge in [0.25, 0.3) is 5.91 Å². The van der Waals surface area contributed by atoms with Crippen molar-refractivity contribution < 1.29 is 9.59 Å². The van der Waals surface area contributed by atoms with Crippen molar-refractivity contribution in [3.63, 3.8) is 0 Å². The van der Waals surface area contributed by atoms with Gasteiger partial charge in [-0.3, -0.25) is 9.59 Å². The standard InChI is InChI=1S/C18H26N2O2/c1-11-5-6-12(2)16(9-11)20-18(22)15-8-7-13(3)17(10-15)19-14(4)21/h7-8,10-12,16H,5-6,9H2,1-4H3,(H,19,21)(H,20,22)/t11-,12+,16+/m0/s1. The van der Waals surface area contributed by atoms with Gasteiger partial charge in [-0.2, -0.15) is 0 Å². The van der Waals surface area contributed by atoms with E-state index in [0.717, 1.165) is 18.4 Å². The maximum Gasteiger partial charge on any atom is 0.251 e. The third-order valence-corrected chi connectivity index (χ3v) is 4.58. The van der Waals surface area contributed by atoms with Gasteiger partial charge in [-0.15, -0.1) is 0 Å². The van der Waals surface area contributed by atoms with Crippen LogP contribution >= 0.6 is 0 Å². The fourth-order valence-electron chi connectivity index (χ4n) is 3.07. The lowest BCUT2D eigenvalue weighted by Crippen LogP contribution is -2.42. The first-order chi connectivity index (χ1) is 10.4. The van der Waals surface area contributed by atoms with Crippen LogP contribution in [0.3, 0.4) is 0 Å². The van der Waals surface area contributed by atoms with Crippen LogP contribution in [0.4, 0.5) is 5.69 Å². The predicted octanol–water partition coefficient (Wildman–Crippen LogP) is 3.51. The summed E-state index contributed by atoms with van der Waals surface area (Å²) in [5.41, 5.74) is 2.25. The third kappa shape index (κ3) is 4.09. The second-order valence-electron chi connectivity index (χ2n) is 6.69. The monoisotopic (exact) mass is 302 g/mol. The van der Waals surface area contributed by atoms with E-state index in [-0.39, 0.29) is 17.9 Å². The molecule has 0 unspecified atom stereocenters. The Hall–Kier alpha value is -1.84. The van der Waals surface area contributed by atoms with Crippen LogP contribution < -0.4 is 10.6 Å². The Morgan fingerprint density at radius 1 is 1.18 bits per heavy atom. The number of rotatable bonds is 3. The highest BCUT2D eigenvalue weighted by molar-refractivity contribution is 5.97. The van der Waals surface area contributed by atoms with E-state index in [9.17, 15) is 9.59 Å². The molecule has 1 aliphatic rings. The SMILES string of the molecule is CC(=O)Nc1cc(C(=O)N[C@@H]2C[C@@H](C)CC[C@H]2C)ccc1C. The molecule has 4 nitrogen and oxygen atoms in total. The molecule has 0 heterocycles. The number of amides is 2. The first-order valence-electron chi connectivity index (χ1n) is 8.06. The van der Waals surface area contributed by atoms with E-state index in [1.165, 1.54) is 13.3 Å². The lowest BCUT2D eigenvalue weighted by atomic mass is 9.80. The number of carbonyl (C=O) groups is 2. The van der Waals surface area contributed by atoms with Gasteiger partial charge >= 0.3 is 0 Å². The number of hydrogen-bond acceptors (Lipinski definition) is 2. The topological polar surface area (TPSA) is 58.2 Å². The summed E-state index contributed by atoms with van der Waals surface area (Å²) in [5.74, 6) is 0.989. The van der Waals surface area contributed by atoms with Crippen molar-refractivity contribution in [3.05, 3.63) is 29.3 Å². The highest BCUT2D eigenvalue weighted by atomic mass is 16.2. The molecule has 1 saturated carbocycles. The van der Waals surface area contributed by atoms with Crippen LogP contribution in [0.2, 0.25) is 0 Å². The Morgan fingerprint density at radius 3 is 2.59 bits per heavy atom. The van der Waals surface area contributed by atoms with E-state index in [1.807, 2.05) is 19.1 Å². The Balaban J connectivity index is 2.10. The van der Waals surface area contributed by atoms with Gasteiger partial charge in [-0.05, 0) is 49.3 Å². The second-order valence-corrected chi connectivity index (χ2v) is 6.69. The molecule has 22 heavy (non-hydrogen) atoms. The van der Waals surface area contributed by atoms with Crippen LogP contribution in [-0.2, 0) is 4.79 Å². The summed E-state index contributed by atoms with van der Waals surface area (Å²) in [7, 11) is 0. The molecule has 0 spiro atoms. The highest BCUT2D eigenvalue weighted by Crippen LogP contribution is 2.28. The molecule has 2 amide bonds. The number of aryl methyl sites for hydroxylation is 1. The minimum absolute atomic E-state index is 0.0578. The molecule has 2 rings (SSSR count). The zero-order valence-electron chi connectivity index (χ0n) is 13.9. The summed E-state index contributed by atoms with van der Waals surface area (Å²) < 4.78 is 0. The highest BCUT2D eigenvalue weighted by Gasteiger charge is 2.27.